The van der Waals surface area contributed by atoms with Crippen molar-refractivity contribution in [1.82, 2.24) is 0 Å². The Balaban J connectivity index is 1.98. The third kappa shape index (κ3) is 2.90. The zero-order chi connectivity index (χ0) is 16.4. The summed E-state index contributed by atoms with van der Waals surface area (Å²) in [6.45, 7) is 4.04. The van der Waals surface area contributed by atoms with Gasteiger partial charge in [-0.3, -0.25) is 4.79 Å². The molecule has 0 fully saturated rings. The second-order valence-electron chi connectivity index (χ2n) is 5.61. The lowest BCUT2D eigenvalue weighted by atomic mass is 10.0. The van der Waals surface area contributed by atoms with Crippen LogP contribution in [0.15, 0.2) is 54.6 Å². The Morgan fingerprint density at radius 2 is 1.65 bits per heavy atom. The van der Waals surface area contributed by atoms with Crippen LogP contribution >= 0.6 is 0 Å². The van der Waals surface area contributed by atoms with Gasteiger partial charge in [0.05, 0.1) is 7.11 Å². The molecule has 0 atom stereocenters. The third-order valence-electron chi connectivity index (χ3n) is 4.12. The molecule has 3 heteroatoms. The van der Waals surface area contributed by atoms with E-state index in [1.165, 1.54) is 5.56 Å². The van der Waals surface area contributed by atoms with E-state index < -0.39 is 0 Å². The fourth-order valence-electron chi connectivity index (χ4n) is 2.64. The van der Waals surface area contributed by atoms with Gasteiger partial charge in [-0.1, -0.05) is 30.3 Å². The topological polar surface area (TPSA) is 38.3 Å². The van der Waals surface area contributed by atoms with Crippen molar-refractivity contribution in [2.45, 2.75) is 13.8 Å². The summed E-state index contributed by atoms with van der Waals surface area (Å²) in [5, 5.41) is 4.95. The molecule has 3 aromatic rings. The van der Waals surface area contributed by atoms with Gasteiger partial charge in [-0.15, -0.1) is 0 Å². The summed E-state index contributed by atoms with van der Waals surface area (Å²) in [5.41, 5.74) is 3.73. The molecule has 0 spiro atoms. The molecule has 0 saturated heterocycles. The van der Waals surface area contributed by atoms with E-state index in [0.717, 1.165) is 27.8 Å². The van der Waals surface area contributed by atoms with E-state index in [-0.39, 0.29) is 5.91 Å². The van der Waals surface area contributed by atoms with Crippen LogP contribution in [0.2, 0.25) is 0 Å². The number of ether oxygens (including phenoxy) is 1. The highest BCUT2D eigenvalue weighted by molar-refractivity contribution is 6.10. The molecule has 0 unspecified atom stereocenters. The Kier molecular flexibility index (Phi) is 4.02. The van der Waals surface area contributed by atoms with Crippen LogP contribution in [0.4, 0.5) is 5.69 Å². The molecule has 0 aliphatic carbocycles. The maximum atomic E-state index is 12.5. The standard InChI is InChI=1S/C20H19NO2/c1-13-8-9-15(12-14(13)2)20(22)21-18-10-11-19(23-3)17-7-5-4-6-16(17)18/h4-12H,1-3H3,(H,21,22). The van der Waals surface area contributed by atoms with E-state index in [1.807, 2.05) is 68.4 Å². The maximum Gasteiger partial charge on any atom is 0.255 e. The monoisotopic (exact) mass is 305 g/mol. The van der Waals surface area contributed by atoms with Crippen LogP contribution in [0, 0.1) is 13.8 Å². The average Bonchev–Trinajstić information content (AvgIpc) is 2.57. The molecule has 1 N–H and O–H groups in total. The van der Waals surface area contributed by atoms with Gasteiger partial charge in [0.2, 0.25) is 0 Å². The highest BCUT2D eigenvalue weighted by Gasteiger charge is 2.11. The number of benzene rings is 3. The number of rotatable bonds is 3. The molecule has 0 aliphatic heterocycles. The van der Waals surface area contributed by atoms with Crippen LogP contribution in [-0.4, -0.2) is 13.0 Å². The second kappa shape index (κ2) is 6.13. The Bertz CT molecular complexity index is 884. The summed E-state index contributed by atoms with van der Waals surface area (Å²) in [5.74, 6) is 0.688. The lowest BCUT2D eigenvalue weighted by molar-refractivity contribution is 0.102. The van der Waals surface area contributed by atoms with E-state index in [9.17, 15) is 4.79 Å². The molecule has 0 aromatic heterocycles. The van der Waals surface area contributed by atoms with Crippen LogP contribution in [-0.2, 0) is 0 Å². The lowest BCUT2D eigenvalue weighted by Gasteiger charge is -2.12. The zero-order valence-electron chi connectivity index (χ0n) is 13.5. The van der Waals surface area contributed by atoms with Crippen molar-refractivity contribution in [2.24, 2.45) is 0 Å². The van der Waals surface area contributed by atoms with Gasteiger partial charge in [-0.2, -0.15) is 0 Å². The van der Waals surface area contributed by atoms with Crippen molar-refractivity contribution in [3.63, 3.8) is 0 Å². The van der Waals surface area contributed by atoms with Crippen molar-refractivity contribution in [3.8, 4) is 5.75 Å². The van der Waals surface area contributed by atoms with Gasteiger partial charge >= 0.3 is 0 Å². The number of anilines is 1. The predicted molar refractivity (Wildman–Crippen MR) is 94.4 cm³/mol. The van der Waals surface area contributed by atoms with E-state index in [2.05, 4.69) is 5.32 Å². The molecule has 0 saturated carbocycles. The molecule has 0 radical (unpaired) electrons. The summed E-state index contributed by atoms with van der Waals surface area (Å²) in [7, 11) is 1.65. The van der Waals surface area contributed by atoms with Crippen LogP contribution in [0.25, 0.3) is 10.8 Å². The van der Waals surface area contributed by atoms with Gasteiger partial charge in [-0.25, -0.2) is 0 Å². The molecule has 3 rings (SSSR count). The summed E-state index contributed by atoms with van der Waals surface area (Å²) in [6.07, 6.45) is 0. The van der Waals surface area contributed by atoms with Gasteiger partial charge in [0, 0.05) is 22.0 Å². The maximum absolute atomic E-state index is 12.5. The predicted octanol–water partition coefficient (Wildman–Crippen LogP) is 4.72. The van der Waals surface area contributed by atoms with Gasteiger partial charge in [-0.05, 0) is 49.2 Å². The number of hydrogen-bond acceptors (Lipinski definition) is 2. The number of aryl methyl sites for hydroxylation is 2. The Hall–Kier alpha value is -2.81. The minimum atomic E-state index is -0.108. The van der Waals surface area contributed by atoms with Gasteiger partial charge in [0.1, 0.15) is 5.75 Å². The summed E-state index contributed by atoms with van der Waals surface area (Å²) in [4.78, 5) is 12.5. The first-order chi connectivity index (χ1) is 11.1. The number of nitrogens with one attached hydrogen (secondary N) is 1. The molecule has 116 valence electrons. The number of methoxy groups -OCH3 is 1. The van der Waals surface area contributed by atoms with Crippen LogP contribution < -0.4 is 10.1 Å². The normalized spacial score (nSPS) is 10.6. The summed E-state index contributed by atoms with van der Waals surface area (Å²) in [6, 6.07) is 17.4. The number of carbonyl (C=O) groups is 1. The van der Waals surface area contributed by atoms with Crippen molar-refractivity contribution in [1.29, 1.82) is 0 Å². The summed E-state index contributed by atoms with van der Waals surface area (Å²) < 4.78 is 5.39. The Labute approximate surface area is 135 Å². The van der Waals surface area contributed by atoms with Crippen molar-refractivity contribution in [3.05, 3.63) is 71.3 Å². The average molecular weight is 305 g/mol. The SMILES string of the molecule is COc1ccc(NC(=O)c2ccc(C)c(C)c2)c2ccccc12. The summed E-state index contributed by atoms with van der Waals surface area (Å²) >= 11 is 0. The molecule has 3 aromatic carbocycles. The van der Waals surface area contributed by atoms with E-state index in [0.29, 0.717) is 5.56 Å². The smallest absolute Gasteiger partial charge is 0.255 e. The quantitative estimate of drug-likeness (QED) is 0.760. The fraction of sp³-hybridized carbons (Fsp3) is 0.150. The molecule has 23 heavy (non-hydrogen) atoms. The van der Waals surface area contributed by atoms with Crippen LogP contribution in [0.1, 0.15) is 21.5 Å². The van der Waals surface area contributed by atoms with Crippen LogP contribution in [0.5, 0.6) is 5.75 Å². The van der Waals surface area contributed by atoms with E-state index in [4.69, 9.17) is 4.74 Å². The first kappa shape index (κ1) is 15.1. The fourth-order valence-corrected chi connectivity index (χ4v) is 2.64. The molecule has 0 heterocycles. The van der Waals surface area contributed by atoms with Crippen molar-refractivity contribution < 1.29 is 9.53 Å². The number of hydrogen-bond donors (Lipinski definition) is 1. The van der Waals surface area contributed by atoms with Crippen molar-refractivity contribution >= 4 is 22.4 Å². The first-order valence-corrected chi connectivity index (χ1v) is 7.54. The Morgan fingerprint density at radius 3 is 2.35 bits per heavy atom. The van der Waals surface area contributed by atoms with Gasteiger partial charge < -0.3 is 10.1 Å². The molecular weight excluding hydrogens is 286 g/mol. The van der Waals surface area contributed by atoms with E-state index >= 15 is 0 Å². The van der Waals surface area contributed by atoms with Gasteiger partial charge in [0.25, 0.3) is 5.91 Å². The van der Waals surface area contributed by atoms with Crippen LogP contribution in [0.3, 0.4) is 0 Å². The molecule has 0 aliphatic rings. The minimum absolute atomic E-state index is 0.108. The number of amides is 1. The third-order valence-corrected chi connectivity index (χ3v) is 4.12. The largest absolute Gasteiger partial charge is 0.496 e. The van der Waals surface area contributed by atoms with Crippen molar-refractivity contribution in [2.75, 3.05) is 12.4 Å². The second-order valence-corrected chi connectivity index (χ2v) is 5.61. The number of fused-ring (bicyclic) bond motifs is 1. The highest BCUT2D eigenvalue weighted by atomic mass is 16.5. The molecular formula is C20H19NO2. The first-order valence-electron chi connectivity index (χ1n) is 7.54. The Morgan fingerprint density at radius 1 is 0.913 bits per heavy atom. The molecule has 1 amide bonds. The molecule has 3 nitrogen and oxygen atoms in total. The van der Waals surface area contributed by atoms with E-state index in [1.54, 1.807) is 7.11 Å². The number of carbonyl (C=O) groups excluding carboxylic acids is 1. The minimum Gasteiger partial charge on any atom is -0.496 e. The highest BCUT2D eigenvalue weighted by Crippen LogP contribution is 2.31. The zero-order valence-corrected chi connectivity index (χ0v) is 13.5. The lowest BCUT2D eigenvalue weighted by Crippen LogP contribution is -2.12. The molecule has 0 bridgehead atoms. The van der Waals surface area contributed by atoms with Gasteiger partial charge in [0.15, 0.2) is 0 Å².